The van der Waals surface area contributed by atoms with Crippen molar-refractivity contribution in [2.24, 2.45) is 0 Å². The fraction of sp³-hybridized carbons (Fsp3) is 0.235. The molecule has 0 spiro atoms. The summed E-state index contributed by atoms with van der Waals surface area (Å²) in [6, 6.07) is 10.4. The van der Waals surface area contributed by atoms with Gasteiger partial charge in [-0.15, -0.1) is 16.4 Å². The normalized spacial score (nSPS) is 12.1. The molecule has 3 rings (SSSR count). The SMILES string of the molecule is C[C@@H](Sc1n[nH]c(-c2ccccc2F)n1)C(=O)NCCc1cccs1. The predicted molar refractivity (Wildman–Crippen MR) is 98.1 cm³/mol. The molecule has 0 saturated carbocycles. The number of thiophene rings is 1. The zero-order chi connectivity index (χ0) is 17.6. The van der Waals surface area contributed by atoms with Crippen LogP contribution in [-0.2, 0) is 11.2 Å². The third kappa shape index (κ3) is 4.67. The maximum Gasteiger partial charge on any atom is 0.233 e. The van der Waals surface area contributed by atoms with Crippen LogP contribution in [0.25, 0.3) is 11.4 Å². The molecule has 0 radical (unpaired) electrons. The zero-order valence-corrected chi connectivity index (χ0v) is 15.2. The van der Waals surface area contributed by atoms with E-state index in [1.54, 1.807) is 36.5 Å². The minimum absolute atomic E-state index is 0.0706. The highest BCUT2D eigenvalue weighted by Crippen LogP contribution is 2.24. The topological polar surface area (TPSA) is 70.7 Å². The molecule has 0 aliphatic rings. The van der Waals surface area contributed by atoms with Crippen LogP contribution in [0.3, 0.4) is 0 Å². The number of H-pyrrole nitrogens is 1. The molecule has 0 aliphatic heterocycles. The lowest BCUT2D eigenvalue weighted by molar-refractivity contribution is -0.120. The molecule has 8 heteroatoms. The van der Waals surface area contributed by atoms with E-state index in [-0.39, 0.29) is 17.0 Å². The Morgan fingerprint density at radius 3 is 2.96 bits per heavy atom. The number of carbonyl (C=O) groups is 1. The lowest BCUT2D eigenvalue weighted by Crippen LogP contribution is -2.32. The number of hydrogen-bond acceptors (Lipinski definition) is 5. The van der Waals surface area contributed by atoms with Crippen molar-refractivity contribution in [1.82, 2.24) is 20.5 Å². The van der Waals surface area contributed by atoms with Crippen LogP contribution in [-0.4, -0.2) is 32.9 Å². The number of aromatic amines is 1. The van der Waals surface area contributed by atoms with Crippen molar-refractivity contribution < 1.29 is 9.18 Å². The number of rotatable bonds is 7. The summed E-state index contributed by atoms with van der Waals surface area (Å²) in [5, 5.41) is 11.8. The molecule has 0 fully saturated rings. The van der Waals surface area contributed by atoms with Crippen LogP contribution in [0, 0.1) is 5.82 Å². The number of benzene rings is 1. The van der Waals surface area contributed by atoms with Crippen LogP contribution >= 0.6 is 23.1 Å². The van der Waals surface area contributed by atoms with Gasteiger partial charge in [0.25, 0.3) is 0 Å². The van der Waals surface area contributed by atoms with Crippen molar-refractivity contribution in [3.63, 3.8) is 0 Å². The number of thioether (sulfide) groups is 1. The highest BCUT2D eigenvalue weighted by atomic mass is 32.2. The van der Waals surface area contributed by atoms with E-state index in [9.17, 15) is 9.18 Å². The maximum atomic E-state index is 13.8. The van der Waals surface area contributed by atoms with Crippen molar-refractivity contribution >= 4 is 29.0 Å². The number of halogens is 1. The first kappa shape index (κ1) is 17.6. The van der Waals surface area contributed by atoms with Crippen LogP contribution in [0.1, 0.15) is 11.8 Å². The second kappa shape index (κ2) is 8.26. The molecule has 1 atom stereocenters. The van der Waals surface area contributed by atoms with E-state index in [1.807, 2.05) is 17.5 Å². The second-order valence-corrected chi connectivity index (χ2v) is 7.67. The van der Waals surface area contributed by atoms with Crippen LogP contribution < -0.4 is 5.32 Å². The minimum atomic E-state index is -0.366. The average Bonchev–Trinajstić information content (AvgIpc) is 3.27. The van der Waals surface area contributed by atoms with Gasteiger partial charge >= 0.3 is 0 Å². The number of nitrogens with zero attached hydrogens (tertiary/aromatic N) is 2. The maximum absolute atomic E-state index is 13.8. The fourth-order valence-electron chi connectivity index (χ4n) is 2.19. The van der Waals surface area contributed by atoms with Gasteiger partial charge < -0.3 is 5.32 Å². The zero-order valence-electron chi connectivity index (χ0n) is 13.5. The number of carbonyl (C=O) groups excluding carboxylic acids is 1. The summed E-state index contributed by atoms with van der Waals surface area (Å²) in [7, 11) is 0. The minimum Gasteiger partial charge on any atom is -0.355 e. The predicted octanol–water partition coefficient (Wildman–Crippen LogP) is 3.51. The molecule has 1 aromatic carbocycles. The van der Waals surface area contributed by atoms with Gasteiger partial charge in [-0.1, -0.05) is 30.0 Å². The van der Waals surface area contributed by atoms with Crippen molar-refractivity contribution in [1.29, 1.82) is 0 Å². The summed E-state index contributed by atoms with van der Waals surface area (Å²) >= 11 is 2.91. The molecule has 0 saturated heterocycles. The van der Waals surface area contributed by atoms with Crippen molar-refractivity contribution in [2.45, 2.75) is 23.8 Å². The van der Waals surface area contributed by atoms with Gasteiger partial charge in [0.2, 0.25) is 11.1 Å². The van der Waals surface area contributed by atoms with Gasteiger partial charge in [-0.25, -0.2) is 9.37 Å². The van der Waals surface area contributed by atoms with Gasteiger partial charge in [-0.2, -0.15) is 0 Å². The summed E-state index contributed by atoms with van der Waals surface area (Å²) < 4.78 is 13.8. The third-order valence-electron chi connectivity index (χ3n) is 3.50. The van der Waals surface area contributed by atoms with Gasteiger partial charge in [0.05, 0.1) is 10.8 Å². The lowest BCUT2D eigenvalue weighted by atomic mass is 10.2. The Hall–Kier alpha value is -2.19. The number of amides is 1. The largest absolute Gasteiger partial charge is 0.355 e. The number of aromatic nitrogens is 3. The van der Waals surface area contributed by atoms with Crippen molar-refractivity contribution in [2.75, 3.05) is 6.54 Å². The molecule has 25 heavy (non-hydrogen) atoms. The summed E-state index contributed by atoms with van der Waals surface area (Å²) in [5.41, 5.74) is 0.356. The molecule has 0 aliphatic carbocycles. The van der Waals surface area contributed by atoms with Gasteiger partial charge in [-0.05, 0) is 36.9 Å². The number of nitrogens with one attached hydrogen (secondary N) is 2. The Morgan fingerprint density at radius 2 is 2.20 bits per heavy atom. The van der Waals surface area contributed by atoms with Gasteiger partial charge in [0.15, 0.2) is 5.82 Å². The Bertz CT molecular complexity index is 835. The first-order valence-electron chi connectivity index (χ1n) is 7.77. The van der Waals surface area contributed by atoms with E-state index in [2.05, 4.69) is 20.5 Å². The molecule has 3 aromatic rings. The van der Waals surface area contributed by atoms with E-state index in [1.165, 1.54) is 22.7 Å². The molecule has 5 nitrogen and oxygen atoms in total. The molecule has 130 valence electrons. The molecule has 0 bridgehead atoms. The van der Waals surface area contributed by atoms with Crippen molar-refractivity contribution in [3.8, 4) is 11.4 Å². The number of hydrogen-bond donors (Lipinski definition) is 2. The smallest absolute Gasteiger partial charge is 0.233 e. The van der Waals surface area contributed by atoms with E-state index in [0.29, 0.717) is 23.1 Å². The summed E-state index contributed by atoms with van der Waals surface area (Å²) in [4.78, 5) is 17.7. The molecule has 2 aromatic heterocycles. The monoisotopic (exact) mass is 376 g/mol. The molecule has 2 heterocycles. The molecule has 1 amide bonds. The fourth-order valence-corrected chi connectivity index (χ4v) is 3.65. The highest BCUT2D eigenvalue weighted by molar-refractivity contribution is 8.00. The lowest BCUT2D eigenvalue weighted by Gasteiger charge is -2.09. The van der Waals surface area contributed by atoms with Crippen LogP contribution in [0.5, 0.6) is 0 Å². The van der Waals surface area contributed by atoms with E-state index >= 15 is 0 Å². The van der Waals surface area contributed by atoms with E-state index in [4.69, 9.17) is 0 Å². The van der Waals surface area contributed by atoms with Gasteiger partial charge in [0.1, 0.15) is 5.82 Å². The third-order valence-corrected chi connectivity index (χ3v) is 5.39. The molecular formula is C17H17FN4OS2. The van der Waals surface area contributed by atoms with Gasteiger partial charge in [-0.3, -0.25) is 9.89 Å². The highest BCUT2D eigenvalue weighted by Gasteiger charge is 2.17. The second-order valence-electron chi connectivity index (χ2n) is 5.33. The molecular weight excluding hydrogens is 359 g/mol. The first-order valence-corrected chi connectivity index (χ1v) is 9.53. The van der Waals surface area contributed by atoms with E-state index < -0.39 is 0 Å². The van der Waals surface area contributed by atoms with Crippen LogP contribution in [0.15, 0.2) is 46.9 Å². The Morgan fingerprint density at radius 1 is 1.36 bits per heavy atom. The standard InChI is InChI=1S/C17H17FN4OS2/c1-11(16(23)19-9-8-12-5-4-10-24-12)25-17-20-15(21-22-17)13-6-2-3-7-14(13)18/h2-7,10-11H,8-9H2,1H3,(H,19,23)(H,20,21,22)/t11-/m1/s1. The first-order chi connectivity index (χ1) is 12.1. The van der Waals surface area contributed by atoms with Crippen LogP contribution in [0.4, 0.5) is 4.39 Å². The van der Waals surface area contributed by atoms with Gasteiger partial charge in [0, 0.05) is 11.4 Å². The van der Waals surface area contributed by atoms with Crippen molar-refractivity contribution in [3.05, 3.63) is 52.5 Å². The Balaban J connectivity index is 1.53. The van der Waals surface area contributed by atoms with Crippen LogP contribution in [0.2, 0.25) is 0 Å². The average molecular weight is 376 g/mol. The summed E-state index contributed by atoms with van der Waals surface area (Å²) in [6.07, 6.45) is 0.818. The quantitative estimate of drug-likeness (QED) is 0.619. The summed E-state index contributed by atoms with van der Waals surface area (Å²) in [5.74, 6) is -0.0840. The molecule has 0 unspecified atom stereocenters. The Kier molecular flexibility index (Phi) is 5.83. The Labute approximate surface area is 153 Å². The summed E-state index contributed by atoms with van der Waals surface area (Å²) in [6.45, 7) is 2.39. The molecule has 2 N–H and O–H groups in total. The van der Waals surface area contributed by atoms with E-state index in [0.717, 1.165) is 6.42 Å².